The smallest absolute Gasteiger partial charge is 0.160 e. The third kappa shape index (κ3) is 7.01. The fourth-order valence-corrected chi connectivity index (χ4v) is 7.08. The summed E-state index contributed by atoms with van der Waals surface area (Å²) in [4.78, 5) is 10.4. The van der Waals surface area contributed by atoms with Crippen LogP contribution in [0.5, 0.6) is 0 Å². The van der Waals surface area contributed by atoms with E-state index in [0.717, 1.165) is 55.9 Å². The van der Waals surface area contributed by atoms with Crippen molar-refractivity contribution in [3.8, 4) is 89.5 Å². The summed E-state index contributed by atoms with van der Waals surface area (Å²) in [6, 6.07) is 77.1. The minimum absolute atomic E-state index is 0.691. The van der Waals surface area contributed by atoms with Gasteiger partial charge in [-0.15, -0.1) is 0 Å². The summed E-state index contributed by atoms with van der Waals surface area (Å²) >= 11 is 0. The van der Waals surface area contributed by atoms with Gasteiger partial charge in [0.05, 0.1) is 11.4 Å². The van der Waals surface area contributed by atoms with E-state index in [4.69, 9.17) is 9.97 Å². The molecule has 0 saturated carbocycles. The van der Waals surface area contributed by atoms with Crippen LogP contribution >= 0.6 is 0 Å². The molecule has 2 nitrogen and oxygen atoms in total. The molecule has 254 valence electrons. The van der Waals surface area contributed by atoms with E-state index < -0.39 is 0 Å². The zero-order chi connectivity index (χ0) is 36.1. The van der Waals surface area contributed by atoms with Crippen LogP contribution in [0.4, 0.5) is 0 Å². The van der Waals surface area contributed by atoms with Gasteiger partial charge >= 0.3 is 0 Å². The summed E-state index contributed by atoms with van der Waals surface area (Å²) in [5.74, 6) is 0.691. The molecule has 1 aromatic heterocycles. The van der Waals surface area contributed by atoms with Crippen molar-refractivity contribution in [3.63, 3.8) is 0 Å². The molecule has 9 aromatic rings. The highest BCUT2D eigenvalue weighted by atomic mass is 14.9. The molecule has 0 saturated heterocycles. The average Bonchev–Trinajstić information content (AvgIpc) is 3.27. The molecule has 1 heterocycles. The molecule has 0 aliphatic carbocycles. The molecule has 0 radical (unpaired) electrons. The Hall–Kier alpha value is -7.16. The molecule has 0 bridgehead atoms. The first-order valence-electron chi connectivity index (χ1n) is 18.3. The van der Waals surface area contributed by atoms with E-state index in [-0.39, 0.29) is 0 Å². The molecule has 8 aromatic carbocycles. The Balaban J connectivity index is 1.14. The first kappa shape index (κ1) is 32.7. The Morgan fingerprint density at radius 3 is 0.852 bits per heavy atom. The Labute approximate surface area is 316 Å². The SMILES string of the molecule is c1ccc(-c2cccc(-c3cccc(-c4cccc(-c5cc(-c6ccccc6)cc(-c6nc(-c7ccccc7)cc(-c7ccccc7)n6)c5)c4)c3)c2)cc1. The molecule has 0 unspecified atom stereocenters. The van der Waals surface area contributed by atoms with Gasteiger partial charge in [0.15, 0.2) is 5.82 Å². The Morgan fingerprint density at radius 2 is 0.444 bits per heavy atom. The third-order valence-corrected chi connectivity index (χ3v) is 9.86. The zero-order valence-corrected chi connectivity index (χ0v) is 29.7. The summed E-state index contributed by atoms with van der Waals surface area (Å²) in [5.41, 5.74) is 16.5. The molecule has 0 fully saturated rings. The van der Waals surface area contributed by atoms with Crippen LogP contribution in [0.2, 0.25) is 0 Å². The molecular weight excluding hydrogens is 653 g/mol. The van der Waals surface area contributed by atoms with E-state index in [1.165, 1.54) is 27.8 Å². The highest BCUT2D eigenvalue weighted by molar-refractivity contribution is 5.84. The minimum Gasteiger partial charge on any atom is -0.228 e. The van der Waals surface area contributed by atoms with Crippen molar-refractivity contribution >= 4 is 0 Å². The van der Waals surface area contributed by atoms with Crippen molar-refractivity contribution in [2.45, 2.75) is 0 Å². The Bertz CT molecular complexity index is 2630. The van der Waals surface area contributed by atoms with E-state index in [9.17, 15) is 0 Å². The number of rotatable bonds is 8. The second-order valence-electron chi connectivity index (χ2n) is 13.5. The van der Waals surface area contributed by atoms with E-state index in [1.54, 1.807) is 0 Å². The van der Waals surface area contributed by atoms with Gasteiger partial charge in [-0.3, -0.25) is 0 Å². The summed E-state index contributed by atoms with van der Waals surface area (Å²) in [6.45, 7) is 0. The van der Waals surface area contributed by atoms with E-state index in [1.807, 2.05) is 12.1 Å². The maximum Gasteiger partial charge on any atom is 0.160 e. The van der Waals surface area contributed by atoms with Gasteiger partial charge in [-0.25, -0.2) is 9.97 Å². The van der Waals surface area contributed by atoms with Crippen LogP contribution in [0.25, 0.3) is 89.5 Å². The van der Waals surface area contributed by atoms with Crippen LogP contribution in [-0.2, 0) is 0 Å². The summed E-state index contributed by atoms with van der Waals surface area (Å²) in [5, 5.41) is 0. The first-order chi connectivity index (χ1) is 26.7. The lowest BCUT2D eigenvalue weighted by molar-refractivity contribution is 1.18. The second-order valence-corrected chi connectivity index (χ2v) is 13.5. The number of nitrogens with zero attached hydrogens (tertiary/aromatic N) is 2. The molecule has 2 heteroatoms. The van der Waals surface area contributed by atoms with Crippen molar-refractivity contribution in [2.75, 3.05) is 0 Å². The van der Waals surface area contributed by atoms with Gasteiger partial charge in [0.1, 0.15) is 0 Å². The molecule has 0 aliphatic heterocycles. The average molecular weight is 689 g/mol. The number of aromatic nitrogens is 2. The zero-order valence-electron chi connectivity index (χ0n) is 29.7. The molecule has 0 atom stereocenters. The van der Waals surface area contributed by atoms with Gasteiger partial charge in [0.25, 0.3) is 0 Å². The van der Waals surface area contributed by atoms with E-state index in [2.05, 4.69) is 206 Å². The van der Waals surface area contributed by atoms with E-state index >= 15 is 0 Å². The fraction of sp³-hybridized carbons (Fsp3) is 0. The van der Waals surface area contributed by atoms with Crippen molar-refractivity contribution in [1.29, 1.82) is 0 Å². The van der Waals surface area contributed by atoms with Gasteiger partial charge in [0, 0.05) is 16.7 Å². The molecule has 0 spiro atoms. The topological polar surface area (TPSA) is 25.8 Å². The summed E-state index contributed by atoms with van der Waals surface area (Å²) < 4.78 is 0. The van der Waals surface area contributed by atoms with Gasteiger partial charge in [0.2, 0.25) is 0 Å². The third-order valence-electron chi connectivity index (χ3n) is 9.86. The Morgan fingerprint density at radius 1 is 0.185 bits per heavy atom. The summed E-state index contributed by atoms with van der Waals surface area (Å²) in [7, 11) is 0. The highest BCUT2D eigenvalue weighted by Gasteiger charge is 2.14. The quantitative estimate of drug-likeness (QED) is 0.159. The maximum absolute atomic E-state index is 5.19. The number of benzene rings is 8. The van der Waals surface area contributed by atoms with E-state index in [0.29, 0.717) is 5.82 Å². The van der Waals surface area contributed by atoms with Crippen LogP contribution < -0.4 is 0 Å². The lowest BCUT2D eigenvalue weighted by Crippen LogP contribution is -1.97. The largest absolute Gasteiger partial charge is 0.228 e. The molecule has 0 aliphatic rings. The van der Waals surface area contributed by atoms with Crippen molar-refractivity contribution in [1.82, 2.24) is 9.97 Å². The molecule has 0 N–H and O–H groups in total. The lowest BCUT2D eigenvalue weighted by atomic mass is 9.93. The number of hydrogen-bond acceptors (Lipinski definition) is 2. The van der Waals surface area contributed by atoms with Crippen LogP contribution in [0.1, 0.15) is 0 Å². The van der Waals surface area contributed by atoms with Crippen molar-refractivity contribution in [2.24, 2.45) is 0 Å². The van der Waals surface area contributed by atoms with Crippen molar-refractivity contribution < 1.29 is 0 Å². The predicted molar refractivity (Wildman–Crippen MR) is 226 cm³/mol. The predicted octanol–water partition coefficient (Wildman–Crippen LogP) is 13.8. The minimum atomic E-state index is 0.691. The normalized spacial score (nSPS) is 11.0. The Kier molecular flexibility index (Phi) is 8.99. The first-order valence-corrected chi connectivity index (χ1v) is 18.3. The highest BCUT2D eigenvalue weighted by Crippen LogP contribution is 2.36. The maximum atomic E-state index is 5.19. The molecular formula is C52H36N2. The van der Waals surface area contributed by atoms with Crippen molar-refractivity contribution in [3.05, 3.63) is 218 Å². The van der Waals surface area contributed by atoms with Crippen LogP contribution in [0, 0.1) is 0 Å². The van der Waals surface area contributed by atoms with Gasteiger partial charge in [-0.1, -0.05) is 176 Å². The summed E-state index contributed by atoms with van der Waals surface area (Å²) in [6.07, 6.45) is 0. The number of hydrogen-bond donors (Lipinski definition) is 0. The monoisotopic (exact) mass is 688 g/mol. The van der Waals surface area contributed by atoms with Crippen LogP contribution in [-0.4, -0.2) is 9.97 Å². The molecule has 9 rings (SSSR count). The fourth-order valence-electron chi connectivity index (χ4n) is 7.08. The molecule has 54 heavy (non-hydrogen) atoms. The van der Waals surface area contributed by atoms with Gasteiger partial charge < -0.3 is 0 Å². The van der Waals surface area contributed by atoms with Crippen LogP contribution in [0.15, 0.2) is 218 Å². The standard InChI is InChI=1S/C52H36N2/c1-5-16-37(17-6-1)41-24-13-25-42(30-41)43-26-14-27-44(31-43)45-28-15-29-46(32-45)48-33-47(38-18-7-2-8-19-38)34-49(35-48)52-53-50(39-20-9-3-10-21-39)36-51(54-52)40-22-11-4-12-23-40/h1-36H. The van der Waals surface area contributed by atoms with Crippen LogP contribution in [0.3, 0.4) is 0 Å². The van der Waals surface area contributed by atoms with Gasteiger partial charge in [-0.2, -0.15) is 0 Å². The lowest BCUT2D eigenvalue weighted by Gasteiger charge is -2.14. The van der Waals surface area contributed by atoms with Gasteiger partial charge in [-0.05, 0) is 98.1 Å². The molecule has 0 amide bonds. The second kappa shape index (κ2) is 14.8.